The Hall–Kier alpha value is -3.81. The second-order valence-corrected chi connectivity index (χ2v) is 6.36. The van der Waals surface area contributed by atoms with E-state index in [0.29, 0.717) is 24.0 Å². The van der Waals surface area contributed by atoms with Crippen molar-refractivity contribution in [2.24, 2.45) is 0 Å². The summed E-state index contributed by atoms with van der Waals surface area (Å²) in [6.45, 7) is 2.67. The summed E-state index contributed by atoms with van der Waals surface area (Å²) in [7, 11) is 0. The van der Waals surface area contributed by atoms with Crippen molar-refractivity contribution < 1.29 is 9.32 Å². The van der Waals surface area contributed by atoms with Gasteiger partial charge >= 0.3 is 0 Å². The van der Waals surface area contributed by atoms with Crippen LogP contribution in [0.5, 0.6) is 0 Å². The number of carbonyl (C=O) groups excluding carboxylic acids is 1. The molecule has 1 aromatic carbocycles. The van der Waals surface area contributed by atoms with Crippen LogP contribution in [0.3, 0.4) is 0 Å². The monoisotopic (exact) mass is 374 g/mol. The molecule has 0 aliphatic heterocycles. The Morgan fingerprint density at radius 2 is 2.18 bits per heavy atom. The van der Waals surface area contributed by atoms with Gasteiger partial charge in [0, 0.05) is 25.1 Å². The second-order valence-electron chi connectivity index (χ2n) is 6.36. The summed E-state index contributed by atoms with van der Waals surface area (Å²) in [6, 6.07) is 11.7. The van der Waals surface area contributed by atoms with E-state index < -0.39 is 0 Å². The Bertz CT molecular complexity index is 1090. The van der Waals surface area contributed by atoms with Crippen LogP contribution in [-0.2, 0) is 17.9 Å². The minimum atomic E-state index is -0.102. The fourth-order valence-electron chi connectivity index (χ4n) is 2.74. The molecule has 0 fully saturated rings. The predicted octanol–water partition coefficient (Wildman–Crippen LogP) is 2.62. The van der Waals surface area contributed by atoms with Gasteiger partial charge in [-0.25, -0.2) is 4.98 Å². The molecule has 3 aromatic heterocycles. The van der Waals surface area contributed by atoms with Crippen LogP contribution in [-0.4, -0.2) is 30.6 Å². The zero-order valence-electron chi connectivity index (χ0n) is 15.2. The van der Waals surface area contributed by atoms with Gasteiger partial charge in [0.25, 0.3) is 5.89 Å². The smallest absolute Gasteiger partial charge is 0.259 e. The van der Waals surface area contributed by atoms with Crippen molar-refractivity contribution in [3.63, 3.8) is 0 Å². The number of nitrogens with one attached hydrogen (secondary N) is 1. The summed E-state index contributed by atoms with van der Waals surface area (Å²) < 4.78 is 6.94. The largest absolute Gasteiger partial charge is 0.350 e. The lowest BCUT2D eigenvalue weighted by atomic mass is 10.1. The van der Waals surface area contributed by atoms with Gasteiger partial charge in [-0.15, -0.1) is 0 Å². The SMILES string of the molecule is Cc1cccc(CNC(=O)Cn2cnc(-c3noc(-c4cccnc4)n3)c2)c1. The lowest BCUT2D eigenvalue weighted by Crippen LogP contribution is -2.26. The molecule has 0 radical (unpaired) electrons. The van der Waals surface area contributed by atoms with Gasteiger partial charge in [0.15, 0.2) is 0 Å². The van der Waals surface area contributed by atoms with E-state index in [0.717, 1.165) is 16.7 Å². The fourth-order valence-corrected chi connectivity index (χ4v) is 2.74. The first-order valence-electron chi connectivity index (χ1n) is 8.76. The van der Waals surface area contributed by atoms with Gasteiger partial charge in [0.2, 0.25) is 11.7 Å². The summed E-state index contributed by atoms with van der Waals surface area (Å²) in [5, 5.41) is 6.85. The molecule has 0 bridgehead atoms. The van der Waals surface area contributed by atoms with Gasteiger partial charge in [-0.05, 0) is 24.6 Å². The first-order valence-corrected chi connectivity index (χ1v) is 8.76. The van der Waals surface area contributed by atoms with E-state index in [9.17, 15) is 4.79 Å². The number of benzene rings is 1. The Kier molecular flexibility index (Phi) is 4.92. The van der Waals surface area contributed by atoms with Gasteiger partial charge in [0.1, 0.15) is 12.2 Å². The molecule has 28 heavy (non-hydrogen) atoms. The molecule has 0 atom stereocenters. The first kappa shape index (κ1) is 17.6. The van der Waals surface area contributed by atoms with E-state index in [1.54, 1.807) is 35.6 Å². The quantitative estimate of drug-likeness (QED) is 0.557. The van der Waals surface area contributed by atoms with Crippen molar-refractivity contribution in [1.29, 1.82) is 0 Å². The highest BCUT2D eigenvalue weighted by Crippen LogP contribution is 2.20. The minimum Gasteiger partial charge on any atom is -0.350 e. The number of hydrogen-bond acceptors (Lipinski definition) is 6. The molecule has 0 aliphatic rings. The molecule has 0 spiro atoms. The molecule has 4 rings (SSSR count). The van der Waals surface area contributed by atoms with Gasteiger partial charge in [-0.1, -0.05) is 35.0 Å². The standard InChI is InChI=1S/C20H18N6O2/c1-14-4-2-5-15(8-14)9-22-18(27)12-26-11-17(23-13-26)19-24-20(28-25-19)16-6-3-7-21-10-16/h2-8,10-11,13H,9,12H2,1H3,(H,22,27). The summed E-state index contributed by atoms with van der Waals surface area (Å²) >= 11 is 0. The maximum Gasteiger partial charge on any atom is 0.259 e. The van der Waals surface area contributed by atoms with E-state index >= 15 is 0 Å². The number of aromatic nitrogens is 5. The molecule has 3 heterocycles. The maximum atomic E-state index is 12.2. The lowest BCUT2D eigenvalue weighted by Gasteiger charge is -2.06. The number of nitrogens with zero attached hydrogens (tertiary/aromatic N) is 5. The predicted molar refractivity (Wildman–Crippen MR) is 102 cm³/mol. The van der Waals surface area contributed by atoms with Crippen LogP contribution in [0.25, 0.3) is 23.0 Å². The Labute approximate surface area is 161 Å². The zero-order chi connectivity index (χ0) is 19.3. The second kappa shape index (κ2) is 7.83. The van der Waals surface area contributed by atoms with Gasteiger partial charge < -0.3 is 14.4 Å². The van der Waals surface area contributed by atoms with Gasteiger partial charge in [-0.3, -0.25) is 9.78 Å². The van der Waals surface area contributed by atoms with Crippen molar-refractivity contribution in [1.82, 2.24) is 30.0 Å². The molecular formula is C20H18N6O2. The van der Waals surface area contributed by atoms with E-state index in [4.69, 9.17) is 4.52 Å². The molecule has 8 heteroatoms. The van der Waals surface area contributed by atoms with Crippen molar-refractivity contribution in [2.45, 2.75) is 20.0 Å². The summed E-state index contributed by atoms with van der Waals surface area (Å²) in [6.07, 6.45) is 6.60. The lowest BCUT2D eigenvalue weighted by molar-refractivity contribution is -0.121. The molecule has 0 aliphatic carbocycles. The number of carbonyl (C=O) groups is 1. The van der Waals surface area contributed by atoms with Crippen LogP contribution >= 0.6 is 0 Å². The topological polar surface area (TPSA) is 98.7 Å². The molecule has 8 nitrogen and oxygen atoms in total. The average molecular weight is 374 g/mol. The van der Waals surface area contributed by atoms with E-state index in [1.807, 2.05) is 37.3 Å². The number of rotatable bonds is 6. The third-order valence-electron chi connectivity index (χ3n) is 4.10. The Morgan fingerprint density at radius 1 is 1.25 bits per heavy atom. The molecule has 0 saturated carbocycles. The minimum absolute atomic E-state index is 0.102. The van der Waals surface area contributed by atoms with Crippen LogP contribution < -0.4 is 5.32 Å². The molecule has 0 saturated heterocycles. The summed E-state index contributed by atoms with van der Waals surface area (Å²) in [5.41, 5.74) is 3.49. The third-order valence-corrected chi connectivity index (χ3v) is 4.10. The first-order chi connectivity index (χ1) is 13.7. The highest BCUT2D eigenvalue weighted by molar-refractivity contribution is 5.75. The maximum absolute atomic E-state index is 12.2. The normalized spacial score (nSPS) is 10.8. The Balaban J connectivity index is 1.38. The van der Waals surface area contributed by atoms with E-state index in [2.05, 4.69) is 25.4 Å². The zero-order valence-corrected chi connectivity index (χ0v) is 15.2. The van der Waals surface area contributed by atoms with Crippen molar-refractivity contribution >= 4 is 5.91 Å². The van der Waals surface area contributed by atoms with E-state index in [1.165, 1.54) is 0 Å². The van der Waals surface area contributed by atoms with Crippen molar-refractivity contribution in [3.8, 4) is 23.0 Å². The third kappa shape index (κ3) is 4.12. The highest BCUT2D eigenvalue weighted by atomic mass is 16.5. The molecular weight excluding hydrogens is 356 g/mol. The number of hydrogen-bond donors (Lipinski definition) is 1. The molecule has 1 amide bonds. The summed E-state index contributed by atoms with van der Waals surface area (Å²) in [4.78, 5) is 24.8. The van der Waals surface area contributed by atoms with Crippen LogP contribution in [0.2, 0.25) is 0 Å². The average Bonchev–Trinajstić information content (AvgIpc) is 3.37. The van der Waals surface area contributed by atoms with Gasteiger partial charge in [0.05, 0.1) is 11.9 Å². The number of amides is 1. The van der Waals surface area contributed by atoms with Crippen LogP contribution in [0.15, 0.2) is 65.8 Å². The van der Waals surface area contributed by atoms with E-state index in [-0.39, 0.29) is 12.5 Å². The summed E-state index contributed by atoms with van der Waals surface area (Å²) in [5.74, 6) is 0.626. The van der Waals surface area contributed by atoms with Crippen molar-refractivity contribution in [2.75, 3.05) is 0 Å². The van der Waals surface area contributed by atoms with Crippen LogP contribution in [0.4, 0.5) is 0 Å². The number of imidazole rings is 1. The van der Waals surface area contributed by atoms with Crippen molar-refractivity contribution in [3.05, 3.63) is 72.4 Å². The molecule has 0 unspecified atom stereocenters. The Morgan fingerprint density at radius 3 is 3.00 bits per heavy atom. The molecule has 1 N–H and O–H groups in total. The van der Waals surface area contributed by atoms with Crippen LogP contribution in [0.1, 0.15) is 11.1 Å². The fraction of sp³-hybridized carbons (Fsp3) is 0.150. The number of pyridine rings is 1. The molecule has 140 valence electrons. The van der Waals surface area contributed by atoms with Gasteiger partial charge in [-0.2, -0.15) is 4.98 Å². The molecule has 4 aromatic rings. The number of aryl methyl sites for hydroxylation is 1. The highest BCUT2D eigenvalue weighted by Gasteiger charge is 2.13. The van der Waals surface area contributed by atoms with Crippen LogP contribution in [0, 0.1) is 6.92 Å².